The molecule has 1 aliphatic rings. The topological polar surface area (TPSA) is 119 Å². The molecule has 25 heavy (non-hydrogen) atoms. The molecule has 3 N–H and O–H groups in total. The van der Waals surface area contributed by atoms with E-state index in [1.54, 1.807) is 34.1 Å². The highest BCUT2D eigenvalue weighted by atomic mass is 32.2. The van der Waals surface area contributed by atoms with Crippen LogP contribution in [0.1, 0.15) is 20.8 Å². The molecule has 2 amide bonds. The normalized spacial score (nSPS) is 15.7. The first kappa shape index (κ1) is 17.1. The standard InChI is InChI=1S/C15H17N5O4S/c21-14(11-1-3-12(4-2-11)18-25(23)24)19-5-7-20(8-6-19)15(22)13-9-16-10-17-13/h1-4,9-10,18H,5-8H2,(H,16,17)(H,23,24). The summed E-state index contributed by atoms with van der Waals surface area (Å²) in [6.45, 7) is 1.79. The van der Waals surface area contributed by atoms with E-state index in [1.807, 2.05) is 0 Å². The minimum atomic E-state index is -2.15. The summed E-state index contributed by atoms with van der Waals surface area (Å²) in [5.74, 6) is -0.262. The van der Waals surface area contributed by atoms with E-state index in [1.165, 1.54) is 12.5 Å². The second-order valence-corrected chi connectivity index (χ2v) is 6.18. The minimum absolute atomic E-state index is 0.128. The fourth-order valence-corrected chi connectivity index (χ4v) is 2.96. The van der Waals surface area contributed by atoms with E-state index in [-0.39, 0.29) is 11.8 Å². The lowest BCUT2D eigenvalue weighted by Gasteiger charge is -2.34. The van der Waals surface area contributed by atoms with Crippen molar-refractivity contribution in [2.24, 2.45) is 0 Å². The van der Waals surface area contributed by atoms with Crippen molar-refractivity contribution in [3.05, 3.63) is 48.0 Å². The summed E-state index contributed by atoms with van der Waals surface area (Å²) < 4.78 is 21.8. The maximum Gasteiger partial charge on any atom is 0.272 e. The third-order valence-electron chi connectivity index (χ3n) is 3.92. The maximum absolute atomic E-state index is 12.5. The molecule has 0 aliphatic carbocycles. The number of imidazole rings is 1. The molecule has 2 aromatic rings. The van der Waals surface area contributed by atoms with Gasteiger partial charge in [0.1, 0.15) is 5.69 Å². The van der Waals surface area contributed by atoms with Gasteiger partial charge in [-0.05, 0) is 24.3 Å². The van der Waals surface area contributed by atoms with Crippen LogP contribution < -0.4 is 4.72 Å². The van der Waals surface area contributed by atoms with Gasteiger partial charge in [-0.25, -0.2) is 9.19 Å². The van der Waals surface area contributed by atoms with Crippen LogP contribution in [0.2, 0.25) is 0 Å². The molecule has 2 heterocycles. The summed E-state index contributed by atoms with van der Waals surface area (Å²) in [5, 5.41) is 0. The number of nitrogens with one attached hydrogen (secondary N) is 2. The molecule has 1 saturated heterocycles. The average molecular weight is 363 g/mol. The Bertz CT molecular complexity index is 770. The molecule has 1 atom stereocenters. The number of amides is 2. The first-order chi connectivity index (χ1) is 12.0. The number of hydrogen-bond acceptors (Lipinski definition) is 4. The van der Waals surface area contributed by atoms with Crippen molar-refractivity contribution in [3.8, 4) is 0 Å². The van der Waals surface area contributed by atoms with Crippen LogP contribution >= 0.6 is 0 Å². The van der Waals surface area contributed by atoms with Gasteiger partial charge in [-0.1, -0.05) is 0 Å². The molecule has 1 aromatic carbocycles. The highest BCUT2D eigenvalue weighted by Gasteiger charge is 2.26. The van der Waals surface area contributed by atoms with Gasteiger partial charge in [-0.15, -0.1) is 0 Å². The Morgan fingerprint density at radius 3 is 2.20 bits per heavy atom. The van der Waals surface area contributed by atoms with Crippen LogP contribution in [0.5, 0.6) is 0 Å². The zero-order valence-electron chi connectivity index (χ0n) is 13.2. The summed E-state index contributed by atoms with van der Waals surface area (Å²) in [7, 11) is 0. The van der Waals surface area contributed by atoms with Gasteiger partial charge in [-0.2, -0.15) is 0 Å². The lowest BCUT2D eigenvalue weighted by atomic mass is 10.1. The van der Waals surface area contributed by atoms with Crippen molar-refractivity contribution in [3.63, 3.8) is 0 Å². The summed E-state index contributed by atoms with van der Waals surface area (Å²) >= 11 is -2.15. The molecular weight excluding hydrogens is 346 g/mol. The SMILES string of the molecule is O=C(c1ccc(NS(=O)O)cc1)N1CCN(C(=O)c2cnc[nH]2)CC1. The molecule has 1 unspecified atom stereocenters. The number of anilines is 1. The molecule has 9 nitrogen and oxygen atoms in total. The zero-order chi connectivity index (χ0) is 17.8. The number of aromatic amines is 1. The zero-order valence-corrected chi connectivity index (χ0v) is 14.0. The molecule has 1 aliphatic heterocycles. The third kappa shape index (κ3) is 4.03. The summed E-state index contributed by atoms with van der Waals surface area (Å²) in [6.07, 6.45) is 2.94. The molecule has 10 heteroatoms. The van der Waals surface area contributed by atoms with Gasteiger partial charge < -0.3 is 14.8 Å². The van der Waals surface area contributed by atoms with Crippen molar-refractivity contribution in [1.82, 2.24) is 19.8 Å². The lowest BCUT2D eigenvalue weighted by Crippen LogP contribution is -2.50. The summed E-state index contributed by atoms with van der Waals surface area (Å²) in [5.41, 5.74) is 1.37. The summed E-state index contributed by atoms with van der Waals surface area (Å²) in [6, 6.07) is 6.33. The van der Waals surface area contributed by atoms with Crippen LogP contribution in [0, 0.1) is 0 Å². The Hall–Kier alpha value is -2.72. The van der Waals surface area contributed by atoms with E-state index in [4.69, 9.17) is 4.55 Å². The molecule has 0 bridgehead atoms. The quantitative estimate of drug-likeness (QED) is 0.686. The Balaban J connectivity index is 1.58. The van der Waals surface area contributed by atoms with Gasteiger partial charge in [0.15, 0.2) is 0 Å². The van der Waals surface area contributed by atoms with Crippen LogP contribution in [0.4, 0.5) is 5.69 Å². The number of hydrogen-bond donors (Lipinski definition) is 3. The lowest BCUT2D eigenvalue weighted by molar-refractivity contribution is 0.0532. The molecule has 3 rings (SSSR count). The molecule has 132 valence electrons. The monoisotopic (exact) mass is 363 g/mol. The van der Waals surface area contributed by atoms with Crippen molar-refractivity contribution in [2.75, 3.05) is 30.9 Å². The van der Waals surface area contributed by atoms with Crippen LogP contribution in [-0.2, 0) is 11.3 Å². The predicted octanol–water partition coefficient (Wildman–Crippen LogP) is 0.556. The number of carbonyl (C=O) groups is 2. The first-order valence-corrected chi connectivity index (χ1v) is 8.70. The second-order valence-electron chi connectivity index (χ2n) is 5.48. The fourth-order valence-electron chi connectivity index (χ4n) is 2.62. The van der Waals surface area contributed by atoms with Crippen LogP contribution in [0.15, 0.2) is 36.8 Å². The van der Waals surface area contributed by atoms with Gasteiger partial charge in [0.05, 0.1) is 12.5 Å². The molecule has 0 saturated carbocycles. The van der Waals surface area contributed by atoms with Crippen molar-refractivity contribution < 1.29 is 18.4 Å². The number of piperazine rings is 1. The number of nitrogens with zero attached hydrogens (tertiary/aromatic N) is 3. The highest BCUT2D eigenvalue weighted by Crippen LogP contribution is 2.14. The minimum Gasteiger partial charge on any atom is -0.341 e. The Morgan fingerprint density at radius 1 is 1.08 bits per heavy atom. The highest BCUT2D eigenvalue weighted by molar-refractivity contribution is 7.80. The number of aromatic nitrogens is 2. The van der Waals surface area contributed by atoms with Crippen molar-refractivity contribution >= 4 is 28.8 Å². The van der Waals surface area contributed by atoms with E-state index in [9.17, 15) is 13.8 Å². The van der Waals surface area contributed by atoms with E-state index in [0.29, 0.717) is 43.1 Å². The summed E-state index contributed by atoms with van der Waals surface area (Å²) in [4.78, 5) is 34.7. The first-order valence-electron chi connectivity index (χ1n) is 7.59. The predicted molar refractivity (Wildman–Crippen MR) is 91.2 cm³/mol. The Kier molecular flexibility index (Phi) is 5.10. The number of benzene rings is 1. The molecular formula is C15H17N5O4S. The molecule has 1 aromatic heterocycles. The van der Waals surface area contributed by atoms with Gasteiger partial charge in [-0.3, -0.25) is 18.9 Å². The van der Waals surface area contributed by atoms with Crippen LogP contribution in [-0.4, -0.2) is 66.5 Å². The fraction of sp³-hybridized carbons (Fsp3) is 0.267. The molecule has 1 fully saturated rings. The van der Waals surface area contributed by atoms with Gasteiger partial charge in [0.2, 0.25) is 0 Å². The van der Waals surface area contributed by atoms with Gasteiger partial charge in [0, 0.05) is 37.4 Å². The van der Waals surface area contributed by atoms with Crippen molar-refractivity contribution in [1.29, 1.82) is 0 Å². The van der Waals surface area contributed by atoms with Crippen LogP contribution in [0.3, 0.4) is 0 Å². The third-order valence-corrected chi connectivity index (χ3v) is 4.33. The smallest absolute Gasteiger partial charge is 0.272 e. The van der Waals surface area contributed by atoms with E-state index in [0.717, 1.165) is 0 Å². The second kappa shape index (κ2) is 7.45. The number of carbonyl (C=O) groups excluding carboxylic acids is 2. The molecule has 0 spiro atoms. The van der Waals surface area contributed by atoms with E-state index in [2.05, 4.69) is 14.7 Å². The van der Waals surface area contributed by atoms with E-state index < -0.39 is 11.3 Å². The number of H-pyrrole nitrogens is 1. The van der Waals surface area contributed by atoms with Gasteiger partial charge in [0.25, 0.3) is 23.1 Å². The van der Waals surface area contributed by atoms with Crippen molar-refractivity contribution in [2.45, 2.75) is 0 Å². The Morgan fingerprint density at radius 2 is 1.68 bits per heavy atom. The number of rotatable bonds is 4. The van der Waals surface area contributed by atoms with Crippen LogP contribution in [0.25, 0.3) is 0 Å². The largest absolute Gasteiger partial charge is 0.341 e. The Labute approximate surface area is 146 Å². The average Bonchev–Trinajstić information content (AvgIpc) is 3.15. The van der Waals surface area contributed by atoms with Gasteiger partial charge >= 0.3 is 0 Å². The van der Waals surface area contributed by atoms with E-state index >= 15 is 0 Å². The molecule has 0 radical (unpaired) electrons. The maximum atomic E-state index is 12.5.